The molecule has 0 saturated carbocycles. The van der Waals surface area contributed by atoms with E-state index in [4.69, 9.17) is 5.11 Å². The average Bonchev–Trinajstić information content (AvgIpc) is 2.15. The zero-order valence-electron chi connectivity index (χ0n) is 7.27. The summed E-state index contributed by atoms with van der Waals surface area (Å²) in [7, 11) is 0. The molecule has 0 radical (unpaired) electrons. The summed E-state index contributed by atoms with van der Waals surface area (Å²) in [5, 5.41) is 8.38. The van der Waals surface area contributed by atoms with Gasteiger partial charge in [0, 0.05) is 6.20 Å². The molecule has 4 nitrogen and oxygen atoms in total. The summed E-state index contributed by atoms with van der Waals surface area (Å²) >= 11 is 0. The van der Waals surface area contributed by atoms with Crippen LogP contribution in [0.25, 0.3) is 0 Å². The molecule has 0 aliphatic heterocycles. The summed E-state index contributed by atoms with van der Waals surface area (Å²) in [4.78, 5) is 18.1. The fourth-order valence-electron chi connectivity index (χ4n) is 0.844. The van der Waals surface area contributed by atoms with Crippen LogP contribution in [0.3, 0.4) is 0 Å². The first-order valence-electron chi connectivity index (χ1n) is 3.84. The van der Waals surface area contributed by atoms with Gasteiger partial charge in [-0.1, -0.05) is 6.07 Å². The van der Waals surface area contributed by atoms with Crippen molar-refractivity contribution >= 4 is 11.7 Å². The normalized spacial score (nSPS) is 11.3. The fourth-order valence-corrected chi connectivity index (χ4v) is 0.844. The summed E-state index contributed by atoms with van der Waals surface area (Å²) in [6.45, 7) is 1.54. The maximum absolute atomic E-state index is 10.2. The lowest BCUT2D eigenvalue weighted by atomic mass is 10.2. The zero-order valence-corrected chi connectivity index (χ0v) is 7.27. The lowest BCUT2D eigenvalue weighted by Crippen LogP contribution is -2.04. The Balaban J connectivity index is 2.73. The summed E-state index contributed by atoms with van der Waals surface area (Å²) in [6.07, 6.45) is 1.65. The number of nitrogens with zero attached hydrogens (tertiary/aromatic N) is 2. The highest BCUT2D eigenvalue weighted by molar-refractivity contribution is 5.97. The number of hydrogen-bond donors (Lipinski definition) is 1. The third kappa shape index (κ3) is 3.02. The standard InChI is InChI=1S/C9H10N2O2/c1-7(11-6-9(12)13)8-4-2-3-5-10-8/h2-5H,6H2,1H3,(H,12,13). The SMILES string of the molecule is CC(=NCC(=O)O)c1ccccn1. The van der Waals surface area contributed by atoms with Crippen molar-refractivity contribution in [2.45, 2.75) is 6.92 Å². The molecule has 0 fully saturated rings. The number of carboxylic acids is 1. The van der Waals surface area contributed by atoms with Gasteiger partial charge in [-0.3, -0.25) is 14.8 Å². The molecule has 1 aromatic rings. The van der Waals surface area contributed by atoms with Crippen LogP contribution >= 0.6 is 0 Å². The van der Waals surface area contributed by atoms with Gasteiger partial charge < -0.3 is 5.11 Å². The van der Waals surface area contributed by atoms with Crippen molar-refractivity contribution in [1.29, 1.82) is 0 Å². The van der Waals surface area contributed by atoms with Crippen molar-refractivity contribution < 1.29 is 9.90 Å². The Morgan fingerprint density at radius 1 is 1.62 bits per heavy atom. The molecule has 1 N–H and O–H groups in total. The van der Waals surface area contributed by atoms with E-state index in [1.807, 2.05) is 6.07 Å². The Labute approximate surface area is 76.0 Å². The van der Waals surface area contributed by atoms with Gasteiger partial charge in [-0.05, 0) is 19.1 Å². The van der Waals surface area contributed by atoms with Gasteiger partial charge in [0.05, 0.1) is 11.4 Å². The molecule has 1 rings (SSSR count). The van der Waals surface area contributed by atoms with Crippen LogP contribution in [0.15, 0.2) is 29.4 Å². The minimum atomic E-state index is -0.935. The first kappa shape index (κ1) is 9.38. The third-order valence-electron chi connectivity index (χ3n) is 1.49. The van der Waals surface area contributed by atoms with E-state index >= 15 is 0 Å². The van der Waals surface area contributed by atoms with E-state index in [9.17, 15) is 4.79 Å². The Morgan fingerprint density at radius 2 is 2.38 bits per heavy atom. The molecule has 68 valence electrons. The highest BCUT2D eigenvalue weighted by atomic mass is 16.4. The molecule has 1 aromatic heterocycles. The molecule has 0 amide bonds. The second kappa shape index (κ2) is 4.35. The zero-order chi connectivity index (χ0) is 9.68. The summed E-state index contributed by atoms with van der Waals surface area (Å²) in [6, 6.07) is 5.43. The average molecular weight is 178 g/mol. The molecular weight excluding hydrogens is 168 g/mol. The number of aliphatic imine (C=N–C) groups is 1. The highest BCUT2D eigenvalue weighted by Gasteiger charge is 1.98. The van der Waals surface area contributed by atoms with Crippen LogP contribution < -0.4 is 0 Å². The van der Waals surface area contributed by atoms with Crippen LogP contribution in [-0.2, 0) is 4.79 Å². The maximum Gasteiger partial charge on any atom is 0.325 e. The number of carboxylic acid groups (broad SMARTS) is 1. The topological polar surface area (TPSA) is 62.5 Å². The van der Waals surface area contributed by atoms with Crippen molar-refractivity contribution in [2.24, 2.45) is 4.99 Å². The largest absolute Gasteiger partial charge is 0.480 e. The first-order valence-corrected chi connectivity index (χ1v) is 3.84. The molecule has 0 bridgehead atoms. The van der Waals surface area contributed by atoms with Crippen LogP contribution in [0.4, 0.5) is 0 Å². The molecule has 0 aromatic carbocycles. The lowest BCUT2D eigenvalue weighted by Gasteiger charge is -1.97. The van der Waals surface area contributed by atoms with Crippen molar-refractivity contribution in [3.05, 3.63) is 30.1 Å². The molecule has 0 atom stereocenters. The Kier molecular flexibility index (Phi) is 3.14. The number of aromatic nitrogens is 1. The predicted molar refractivity (Wildman–Crippen MR) is 49.0 cm³/mol. The molecule has 13 heavy (non-hydrogen) atoms. The van der Waals surface area contributed by atoms with E-state index in [-0.39, 0.29) is 6.54 Å². The first-order chi connectivity index (χ1) is 6.20. The van der Waals surface area contributed by atoms with Gasteiger partial charge in [0.1, 0.15) is 6.54 Å². The number of hydrogen-bond acceptors (Lipinski definition) is 3. The fraction of sp³-hybridized carbons (Fsp3) is 0.222. The molecule has 4 heteroatoms. The number of aliphatic carboxylic acids is 1. The molecular formula is C9H10N2O2. The molecule has 1 heterocycles. The van der Waals surface area contributed by atoms with Crippen molar-refractivity contribution in [1.82, 2.24) is 4.98 Å². The van der Waals surface area contributed by atoms with Gasteiger partial charge in [-0.15, -0.1) is 0 Å². The van der Waals surface area contributed by atoms with Crippen LogP contribution in [0, 0.1) is 0 Å². The monoisotopic (exact) mass is 178 g/mol. The summed E-state index contributed by atoms with van der Waals surface area (Å²) < 4.78 is 0. The van der Waals surface area contributed by atoms with Crippen molar-refractivity contribution in [3.8, 4) is 0 Å². The maximum atomic E-state index is 10.2. The van der Waals surface area contributed by atoms with E-state index in [0.717, 1.165) is 0 Å². The molecule has 0 spiro atoms. The van der Waals surface area contributed by atoms with E-state index in [2.05, 4.69) is 9.98 Å². The van der Waals surface area contributed by atoms with Crippen molar-refractivity contribution in [2.75, 3.05) is 6.54 Å². The number of pyridine rings is 1. The summed E-state index contributed by atoms with van der Waals surface area (Å²) in [5.41, 5.74) is 1.35. The Hall–Kier alpha value is -1.71. The third-order valence-corrected chi connectivity index (χ3v) is 1.49. The van der Waals surface area contributed by atoms with Crippen LogP contribution in [0.1, 0.15) is 12.6 Å². The summed E-state index contributed by atoms with van der Waals surface area (Å²) in [5.74, 6) is -0.935. The van der Waals surface area contributed by atoms with Gasteiger partial charge in [-0.2, -0.15) is 0 Å². The van der Waals surface area contributed by atoms with E-state index in [0.29, 0.717) is 11.4 Å². The van der Waals surface area contributed by atoms with Crippen molar-refractivity contribution in [3.63, 3.8) is 0 Å². The minimum absolute atomic E-state index is 0.206. The smallest absolute Gasteiger partial charge is 0.325 e. The van der Waals surface area contributed by atoms with Crippen LogP contribution in [-0.4, -0.2) is 28.3 Å². The molecule has 0 unspecified atom stereocenters. The van der Waals surface area contributed by atoms with Gasteiger partial charge in [-0.25, -0.2) is 0 Å². The lowest BCUT2D eigenvalue weighted by molar-refractivity contribution is -0.135. The van der Waals surface area contributed by atoms with Crippen LogP contribution in [0.5, 0.6) is 0 Å². The van der Waals surface area contributed by atoms with E-state index < -0.39 is 5.97 Å². The van der Waals surface area contributed by atoms with Gasteiger partial charge in [0.15, 0.2) is 0 Å². The van der Waals surface area contributed by atoms with E-state index in [1.54, 1.807) is 25.3 Å². The van der Waals surface area contributed by atoms with Gasteiger partial charge in [0.2, 0.25) is 0 Å². The second-order valence-corrected chi connectivity index (χ2v) is 2.51. The van der Waals surface area contributed by atoms with Gasteiger partial charge in [0.25, 0.3) is 0 Å². The quantitative estimate of drug-likeness (QED) is 0.701. The Bertz CT molecular complexity index is 320. The molecule has 0 aliphatic rings. The number of carbonyl (C=O) groups is 1. The van der Waals surface area contributed by atoms with E-state index in [1.165, 1.54) is 0 Å². The number of rotatable bonds is 3. The predicted octanol–water partition coefficient (Wildman–Crippen LogP) is 0.975. The minimum Gasteiger partial charge on any atom is -0.480 e. The molecule has 0 aliphatic carbocycles. The van der Waals surface area contributed by atoms with Gasteiger partial charge >= 0.3 is 5.97 Å². The highest BCUT2D eigenvalue weighted by Crippen LogP contribution is 1.95. The van der Waals surface area contributed by atoms with Crippen LogP contribution in [0.2, 0.25) is 0 Å². The molecule has 0 saturated heterocycles. The Morgan fingerprint density at radius 3 is 2.92 bits per heavy atom. The second-order valence-electron chi connectivity index (χ2n) is 2.51.